The third-order valence-electron chi connectivity index (χ3n) is 5.50. The average molecular weight is 404 g/mol. The van der Waals surface area contributed by atoms with Crippen molar-refractivity contribution < 1.29 is 19.1 Å². The molecule has 0 spiro atoms. The molecule has 0 radical (unpaired) electrons. The number of benzene rings is 3. The van der Waals surface area contributed by atoms with E-state index in [0.717, 1.165) is 22.0 Å². The van der Waals surface area contributed by atoms with E-state index in [4.69, 9.17) is 9.47 Å². The van der Waals surface area contributed by atoms with Crippen molar-refractivity contribution in [3.63, 3.8) is 0 Å². The Kier molecular flexibility index (Phi) is 5.31. The van der Waals surface area contributed by atoms with Crippen LogP contribution in [0.5, 0.6) is 11.5 Å². The summed E-state index contributed by atoms with van der Waals surface area (Å²) in [5, 5.41) is 4.95. The van der Waals surface area contributed by atoms with Crippen LogP contribution < -0.4 is 19.7 Å². The molecule has 1 aliphatic rings. The predicted octanol–water partition coefficient (Wildman–Crippen LogP) is 4.08. The molecule has 2 amide bonds. The number of nitrogens with zero attached hydrogens (tertiary/aromatic N) is 1. The molecule has 0 fully saturated rings. The highest BCUT2D eigenvalue weighted by Crippen LogP contribution is 2.37. The minimum absolute atomic E-state index is 0.0313. The number of hydrogen-bond donors (Lipinski definition) is 1. The van der Waals surface area contributed by atoms with Gasteiger partial charge < -0.3 is 14.8 Å². The van der Waals surface area contributed by atoms with Gasteiger partial charge in [0.1, 0.15) is 6.54 Å². The molecule has 6 heteroatoms. The van der Waals surface area contributed by atoms with E-state index in [1.54, 1.807) is 19.1 Å². The summed E-state index contributed by atoms with van der Waals surface area (Å²) in [4.78, 5) is 27.3. The van der Waals surface area contributed by atoms with Gasteiger partial charge in [0.15, 0.2) is 11.5 Å². The highest BCUT2D eigenvalue weighted by atomic mass is 16.5. The smallest absolute Gasteiger partial charge is 0.259 e. The lowest BCUT2D eigenvalue weighted by Gasteiger charge is -2.22. The monoisotopic (exact) mass is 404 g/mol. The van der Waals surface area contributed by atoms with E-state index in [1.165, 1.54) is 0 Å². The fraction of sp³-hybridized carbons (Fsp3) is 0.250. The summed E-state index contributed by atoms with van der Waals surface area (Å²) >= 11 is 0. The van der Waals surface area contributed by atoms with Gasteiger partial charge in [-0.25, -0.2) is 0 Å². The van der Waals surface area contributed by atoms with Gasteiger partial charge in [-0.1, -0.05) is 37.3 Å². The van der Waals surface area contributed by atoms with E-state index in [9.17, 15) is 9.59 Å². The molecule has 0 saturated heterocycles. The van der Waals surface area contributed by atoms with Gasteiger partial charge in [-0.3, -0.25) is 14.5 Å². The highest BCUT2D eigenvalue weighted by Gasteiger charge is 2.31. The quantitative estimate of drug-likeness (QED) is 0.644. The van der Waals surface area contributed by atoms with Gasteiger partial charge in [0, 0.05) is 10.9 Å². The van der Waals surface area contributed by atoms with Crippen LogP contribution in [0.3, 0.4) is 0 Å². The maximum absolute atomic E-state index is 12.9. The Morgan fingerprint density at radius 1 is 1.03 bits per heavy atom. The van der Waals surface area contributed by atoms with Crippen molar-refractivity contribution in [3.8, 4) is 11.5 Å². The normalized spacial score (nSPS) is 13.4. The third-order valence-corrected chi connectivity index (χ3v) is 5.50. The zero-order chi connectivity index (χ0) is 21.3. The van der Waals surface area contributed by atoms with Gasteiger partial charge in [0.2, 0.25) is 5.91 Å². The first kappa shape index (κ1) is 19.8. The van der Waals surface area contributed by atoms with Crippen LogP contribution in [0.25, 0.3) is 10.8 Å². The van der Waals surface area contributed by atoms with Crippen molar-refractivity contribution in [1.82, 2.24) is 5.32 Å². The number of amides is 2. The van der Waals surface area contributed by atoms with E-state index in [1.807, 2.05) is 61.5 Å². The fourth-order valence-electron chi connectivity index (χ4n) is 4.01. The summed E-state index contributed by atoms with van der Waals surface area (Å²) in [5.41, 5.74) is 2.34. The van der Waals surface area contributed by atoms with Gasteiger partial charge in [0.25, 0.3) is 5.91 Å². The maximum atomic E-state index is 12.9. The molecule has 1 N–H and O–H groups in total. The number of carbonyl (C=O) groups excluding carboxylic acids is 2. The van der Waals surface area contributed by atoms with Crippen molar-refractivity contribution in [2.75, 3.05) is 25.7 Å². The van der Waals surface area contributed by atoms with Crippen LogP contribution in [0.15, 0.2) is 54.6 Å². The van der Waals surface area contributed by atoms with Crippen molar-refractivity contribution in [2.45, 2.75) is 19.4 Å². The van der Waals surface area contributed by atoms with Crippen LogP contribution >= 0.6 is 0 Å². The second kappa shape index (κ2) is 8.06. The second-order valence-corrected chi connectivity index (χ2v) is 7.21. The topological polar surface area (TPSA) is 67.9 Å². The van der Waals surface area contributed by atoms with Gasteiger partial charge in [-0.15, -0.1) is 0 Å². The number of hydrogen-bond acceptors (Lipinski definition) is 4. The standard InChI is InChI=1S/C24H24N2O4/c1-4-18(16-11-12-20(29-2)21(13-16)30-3)25-22(27)14-26-19-10-6-8-15-7-5-9-17(23(15)19)24(26)28/h5-13,18H,4,14H2,1-3H3,(H,25,27)/t18-/m0/s1. The molecule has 6 nitrogen and oxygen atoms in total. The largest absolute Gasteiger partial charge is 0.493 e. The van der Waals surface area contributed by atoms with Gasteiger partial charge in [-0.05, 0) is 41.6 Å². The Bertz CT molecular complexity index is 1120. The summed E-state index contributed by atoms with van der Waals surface area (Å²) in [6, 6.07) is 16.8. The van der Waals surface area contributed by atoms with E-state index in [-0.39, 0.29) is 24.4 Å². The fourth-order valence-corrected chi connectivity index (χ4v) is 4.01. The summed E-state index contributed by atoms with van der Waals surface area (Å²) in [6.45, 7) is 1.97. The van der Waals surface area contributed by atoms with E-state index in [0.29, 0.717) is 23.5 Å². The minimum Gasteiger partial charge on any atom is -0.493 e. The molecule has 3 aromatic rings. The van der Waals surface area contributed by atoms with Crippen molar-refractivity contribution >= 4 is 28.3 Å². The van der Waals surface area contributed by atoms with Crippen LogP contribution in [0.4, 0.5) is 5.69 Å². The first-order valence-corrected chi connectivity index (χ1v) is 9.92. The van der Waals surface area contributed by atoms with Crippen LogP contribution in [0, 0.1) is 0 Å². The average Bonchev–Trinajstić information content (AvgIpc) is 3.05. The molecule has 30 heavy (non-hydrogen) atoms. The van der Waals surface area contributed by atoms with Crippen molar-refractivity contribution in [2.24, 2.45) is 0 Å². The molecular weight excluding hydrogens is 380 g/mol. The molecule has 4 rings (SSSR count). The lowest BCUT2D eigenvalue weighted by molar-refractivity contribution is -0.120. The molecular formula is C24H24N2O4. The Labute approximate surface area is 175 Å². The molecule has 1 atom stereocenters. The molecule has 0 saturated carbocycles. The number of nitrogens with one attached hydrogen (secondary N) is 1. The Balaban J connectivity index is 1.54. The molecule has 0 aliphatic carbocycles. The lowest BCUT2D eigenvalue weighted by atomic mass is 10.0. The molecule has 0 unspecified atom stereocenters. The summed E-state index contributed by atoms with van der Waals surface area (Å²) in [6.07, 6.45) is 0.699. The minimum atomic E-state index is -0.213. The van der Waals surface area contributed by atoms with Gasteiger partial charge in [-0.2, -0.15) is 0 Å². The van der Waals surface area contributed by atoms with Crippen molar-refractivity contribution in [1.29, 1.82) is 0 Å². The zero-order valence-electron chi connectivity index (χ0n) is 17.3. The predicted molar refractivity (Wildman–Crippen MR) is 116 cm³/mol. The summed E-state index contributed by atoms with van der Waals surface area (Å²) < 4.78 is 10.7. The lowest BCUT2D eigenvalue weighted by Crippen LogP contribution is -2.40. The van der Waals surface area contributed by atoms with Crippen LogP contribution in [-0.2, 0) is 4.79 Å². The number of ether oxygens (including phenoxy) is 2. The number of carbonyl (C=O) groups is 2. The van der Waals surface area contributed by atoms with Crippen LogP contribution in [0.1, 0.15) is 35.3 Å². The van der Waals surface area contributed by atoms with Crippen molar-refractivity contribution in [3.05, 3.63) is 65.7 Å². The van der Waals surface area contributed by atoms with Crippen LogP contribution in [0.2, 0.25) is 0 Å². The highest BCUT2D eigenvalue weighted by molar-refractivity contribution is 6.26. The molecule has 3 aromatic carbocycles. The molecule has 0 bridgehead atoms. The number of methoxy groups -OCH3 is 2. The van der Waals surface area contributed by atoms with Gasteiger partial charge >= 0.3 is 0 Å². The first-order valence-electron chi connectivity index (χ1n) is 9.92. The van der Waals surface area contributed by atoms with E-state index in [2.05, 4.69) is 5.32 Å². The maximum Gasteiger partial charge on any atom is 0.259 e. The first-order chi connectivity index (χ1) is 14.6. The SMILES string of the molecule is CC[C@H](NC(=O)CN1C(=O)c2cccc3cccc1c23)c1ccc(OC)c(OC)c1. The molecule has 1 heterocycles. The Morgan fingerprint density at radius 2 is 1.77 bits per heavy atom. The molecule has 1 aliphatic heterocycles. The molecule has 154 valence electrons. The Hall–Kier alpha value is -3.54. The summed E-state index contributed by atoms with van der Waals surface area (Å²) in [5.74, 6) is 0.890. The molecule has 0 aromatic heterocycles. The second-order valence-electron chi connectivity index (χ2n) is 7.21. The van der Waals surface area contributed by atoms with Crippen LogP contribution in [-0.4, -0.2) is 32.6 Å². The third kappa shape index (κ3) is 3.34. The van der Waals surface area contributed by atoms with E-state index < -0.39 is 0 Å². The zero-order valence-corrected chi connectivity index (χ0v) is 17.3. The summed E-state index contributed by atoms with van der Waals surface area (Å²) in [7, 11) is 3.17. The van der Waals surface area contributed by atoms with Gasteiger partial charge in [0.05, 0.1) is 25.9 Å². The Morgan fingerprint density at radius 3 is 2.47 bits per heavy atom. The number of anilines is 1. The van der Waals surface area contributed by atoms with E-state index >= 15 is 0 Å². The number of rotatable bonds is 7.